The number of alkyl halides is 3. The number of nitrogens with one attached hydrogen (secondary N) is 4. The van der Waals surface area contributed by atoms with E-state index in [2.05, 4.69) is 30.9 Å². The van der Waals surface area contributed by atoms with Gasteiger partial charge in [-0.3, -0.25) is 4.79 Å². The van der Waals surface area contributed by atoms with Crippen molar-refractivity contribution in [1.29, 1.82) is 0 Å². The van der Waals surface area contributed by atoms with Gasteiger partial charge in [0.1, 0.15) is 12.7 Å². The first-order valence-corrected chi connectivity index (χ1v) is 15.5. The molecule has 2 atom stereocenters. The molecular formula is C26H32F3N6O2P. The fourth-order valence-electron chi connectivity index (χ4n) is 5.44. The fraction of sp³-hybridized carbons (Fsp3) is 0.500. The standard InChI is InChI=1S/C26H32F3N6O2P/c1-38(2,37)23-18-10-9-17-19(13-32-22(17)23)21-20(26(27,28)29)14-33-25(35-21)34-16-8-7-15(31-12-16)6-4-3-5-11-30-24(18)36/h9-10,13-16,31-32H,3-8,11-12H2,1-2H3,(H,30,36)(H,33,34,35)/t15-,16-/m0/s1. The largest absolute Gasteiger partial charge is 0.419 e. The Hall–Kier alpha value is -2.91. The van der Waals surface area contributed by atoms with Crippen LogP contribution in [0.2, 0.25) is 0 Å². The van der Waals surface area contributed by atoms with Crippen molar-refractivity contribution in [3.63, 3.8) is 0 Å². The van der Waals surface area contributed by atoms with Gasteiger partial charge in [0.25, 0.3) is 5.91 Å². The summed E-state index contributed by atoms with van der Waals surface area (Å²) >= 11 is 0. The third-order valence-electron chi connectivity index (χ3n) is 7.33. The van der Waals surface area contributed by atoms with Crippen molar-refractivity contribution in [2.24, 2.45) is 0 Å². The lowest BCUT2D eigenvalue weighted by Gasteiger charge is -2.30. The van der Waals surface area contributed by atoms with Crippen molar-refractivity contribution in [2.45, 2.75) is 56.8 Å². The van der Waals surface area contributed by atoms with E-state index >= 15 is 0 Å². The highest BCUT2D eigenvalue weighted by atomic mass is 31.2. The minimum absolute atomic E-state index is 0.000151. The van der Waals surface area contributed by atoms with E-state index in [0.717, 1.165) is 44.7 Å². The van der Waals surface area contributed by atoms with Crippen LogP contribution in [-0.4, -0.2) is 59.4 Å². The molecule has 12 heteroatoms. The zero-order valence-electron chi connectivity index (χ0n) is 21.4. The molecule has 1 aromatic carbocycles. The second kappa shape index (κ2) is 10.3. The third-order valence-corrected chi connectivity index (χ3v) is 8.87. The molecule has 1 fully saturated rings. The number of anilines is 1. The van der Waals surface area contributed by atoms with Crippen LogP contribution >= 0.6 is 7.14 Å². The van der Waals surface area contributed by atoms with Crippen LogP contribution in [0.1, 0.15) is 54.4 Å². The van der Waals surface area contributed by atoms with Gasteiger partial charge in [0, 0.05) is 53.8 Å². The Morgan fingerprint density at radius 1 is 1.03 bits per heavy atom. The Balaban J connectivity index is 1.66. The second-order valence-corrected chi connectivity index (χ2v) is 13.7. The minimum Gasteiger partial charge on any atom is -0.360 e. The summed E-state index contributed by atoms with van der Waals surface area (Å²) in [6.07, 6.45) is 3.22. The number of aromatic amines is 1. The molecule has 0 aliphatic carbocycles. The highest BCUT2D eigenvalue weighted by Crippen LogP contribution is 2.43. The number of aromatic nitrogens is 3. The number of amides is 1. The van der Waals surface area contributed by atoms with Gasteiger partial charge in [0.05, 0.1) is 16.8 Å². The van der Waals surface area contributed by atoms with Crippen LogP contribution in [0.5, 0.6) is 0 Å². The first kappa shape index (κ1) is 26.7. The third kappa shape index (κ3) is 5.45. The van der Waals surface area contributed by atoms with E-state index in [1.807, 2.05) is 0 Å². The number of H-pyrrole nitrogens is 1. The highest BCUT2D eigenvalue weighted by molar-refractivity contribution is 7.70. The molecule has 0 saturated carbocycles. The summed E-state index contributed by atoms with van der Waals surface area (Å²) in [5, 5.41) is 10.4. The van der Waals surface area contributed by atoms with Gasteiger partial charge < -0.3 is 25.5 Å². The van der Waals surface area contributed by atoms with Gasteiger partial charge in [-0.15, -0.1) is 0 Å². The molecular weight excluding hydrogens is 516 g/mol. The SMILES string of the molecule is CP(C)(=O)c1c2ccc3c(c[nH]c13)-c1nc(ncc1C(F)(F)F)N[C@H]1CC[C@H](CCCCCNC2=O)NC1. The lowest BCUT2D eigenvalue weighted by Crippen LogP contribution is -2.45. The molecule has 8 rings (SSSR count). The topological polar surface area (TPSA) is 112 Å². The van der Waals surface area contributed by atoms with Crippen molar-refractivity contribution in [1.82, 2.24) is 25.6 Å². The van der Waals surface area contributed by atoms with Crippen LogP contribution in [0.4, 0.5) is 19.1 Å². The van der Waals surface area contributed by atoms with E-state index in [1.54, 1.807) is 25.5 Å². The van der Waals surface area contributed by atoms with Crippen molar-refractivity contribution < 1.29 is 22.5 Å². The molecule has 2 aromatic heterocycles. The van der Waals surface area contributed by atoms with Gasteiger partial charge in [-0.1, -0.05) is 18.9 Å². The molecule has 5 aliphatic rings. The molecule has 5 aliphatic heterocycles. The zero-order chi connectivity index (χ0) is 27.1. The normalized spacial score (nSPS) is 21.4. The molecule has 38 heavy (non-hydrogen) atoms. The summed E-state index contributed by atoms with van der Waals surface area (Å²) in [6.45, 7) is 4.26. The maximum atomic E-state index is 14.1. The van der Waals surface area contributed by atoms with E-state index in [9.17, 15) is 22.5 Å². The summed E-state index contributed by atoms with van der Waals surface area (Å²) in [5.41, 5.74) is -0.402. The maximum Gasteiger partial charge on any atom is 0.419 e. The lowest BCUT2D eigenvalue weighted by molar-refractivity contribution is -0.137. The van der Waals surface area contributed by atoms with Crippen molar-refractivity contribution in [3.8, 4) is 11.3 Å². The maximum absolute atomic E-state index is 14.1. The zero-order valence-corrected chi connectivity index (χ0v) is 22.3. The van der Waals surface area contributed by atoms with E-state index in [4.69, 9.17) is 0 Å². The van der Waals surface area contributed by atoms with E-state index in [0.29, 0.717) is 35.3 Å². The van der Waals surface area contributed by atoms with Crippen LogP contribution in [0.15, 0.2) is 24.5 Å². The van der Waals surface area contributed by atoms with Crippen LogP contribution in [0, 0.1) is 0 Å². The molecule has 1 amide bonds. The lowest BCUT2D eigenvalue weighted by atomic mass is 9.96. The number of halogens is 3. The number of nitrogens with zero attached hydrogens (tertiary/aromatic N) is 2. The Labute approximate surface area is 219 Å². The molecule has 8 bridgehead atoms. The van der Waals surface area contributed by atoms with Crippen molar-refractivity contribution >= 4 is 35.2 Å². The molecule has 204 valence electrons. The average Bonchev–Trinajstić information content (AvgIpc) is 3.28. The predicted molar refractivity (Wildman–Crippen MR) is 143 cm³/mol. The Morgan fingerprint density at radius 2 is 1.82 bits per heavy atom. The first-order valence-electron chi connectivity index (χ1n) is 12.9. The van der Waals surface area contributed by atoms with Gasteiger partial charge in [-0.25, -0.2) is 9.97 Å². The number of carbonyl (C=O) groups excluding carboxylic acids is 1. The highest BCUT2D eigenvalue weighted by Gasteiger charge is 2.37. The Kier molecular flexibility index (Phi) is 7.26. The summed E-state index contributed by atoms with van der Waals surface area (Å²) in [5.74, 6) is -0.226. The number of hydrogen-bond acceptors (Lipinski definition) is 6. The molecule has 3 aromatic rings. The van der Waals surface area contributed by atoms with E-state index in [1.165, 1.54) is 6.20 Å². The number of rotatable bonds is 1. The molecule has 0 radical (unpaired) electrons. The number of piperidine rings is 1. The van der Waals surface area contributed by atoms with Crippen molar-refractivity contribution in [2.75, 3.05) is 31.7 Å². The monoisotopic (exact) mass is 548 g/mol. The van der Waals surface area contributed by atoms with Crippen LogP contribution in [0.3, 0.4) is 0 Å². The molecule has 4 N–H and O–H groups in total. The molecule has 1 saturated heterocycles. The van der Waals surface area contributed by atoms with E-state index in [-0.39, 0.29) is 34.7 Å². The smallest absolute Gasteiger partial charge is 0.360 e. The van der Waals surface area contributed by atoms with Crippen LogP contribution < -0.4 is 21.3 Å². The quantitative estimate of drug-likeness (QED) is 0.327. The summed E-state index contributed by atoms with van der Waals surface area (Å²) in [6, 6.07) is 3.52. The number of benzene rings is 1. The predicted octanol–water partition coefficient (Wildman–Crippen LogP) is 4.73. The summed E-state index contributed by atoms with van der Waals surface area (Å²) in [7, 11) is -3.02. The first-order chi connectivity index (χ1) is 18.0. The molecule has 0 unspecified atom stereocenters. The van der Waals surface area contributed by atoms with Gasteiger partial charge in [-0.2, -0.15) is 13.2 Å². The minimum atomic E-state index is -4.68. The van der Waals surface area contributed by atoms with Crippen LogP contribution in [0.25, 0.3) is 22.2 Å². The summed E-state index contributed by atoms with van der Waals surface area (Å²) in [4.78, 5) is 24.4. The Bertz CT molecular complexity index is 1390. The van der Waals surface area contributed by atoms with Gasteiger partial charge in [-0.05, 0) is 45.1 Å². The second-order valence-electron chi connectivity index (χ2n) is 10.5. The van der Waals surface area contributed by atoms with Crippen LogP contribution in [-0.2, 0) is 10.7 Å². The average molecular weight is 549 g/mol. The van der Waals surface area contributed by atoms with Gasteiger partial charge >= 0.3 is 6.18 Å². The number of carbonyl (C=O) groups is 1. The fourth-order valence-corrected chi connectivity index (χ4v) is 6.92. The molecule has 7 heterocycles. The Morgan fingerprint density at radius 3 is 2.53 bits per heavy atom. The van der Waals surface area contributed by atoms with Gasteiger partial charge in [0.2, 0.25) is 5.95 Å². The summed E-state index contributed by atoms with van der Waals surface area (Å²) < 4.78 is 55.5. The van der Waals surface area contributed by atoms with E-state index < -0.39 is 18.9 Å². The molecule has 8 nitrogen and oxygen atoms in total. The van der Waals surface area contributed by atoms with Crippen molar-refractivity contribution in [3.05, 3.63) is 35.7 Å². The number of hydrogen-bond donors (Lipinski definition) is 4. The van der Waals surface area contributed by atoms with Gasteiger partial charge in [0.15, 0.2) is 0 Å². The molecule has 0 spiro atoms.